The molecule has 1 aliphatic rings. The molecule has 0 bridgehead atoms. The lowest BCUT2D eigenvalue weighted by Gasteiger charge is -2.33. The molecule has 1 heterocycles. The Bertz CT molecular complexity index is 305. The Morgan fingerprint density at radius 2 is 1.95 bits per heavy atom. The van der Waals surface area contributed by atoms with E-state index in [0.29, 0.717) is 6.54 Å². The molecule has 5 heteroatoms. The van der Waals surface area contributed by atoms with E-state index in [2.05, 4.69) is 15.5 Å². The first-order valence-corrected chi connectivity index (χ1v) is 7.12. The molecule has 1 fully saturated rings. The quantitative estimate of drug-likeness (QED) is 0.722. The molecule has 0 aliphatic carbocycles. The van der Waals surface area contributed by atoms with Gasteiger partial charge in [0.05, 0.1) is 5.60 Å². The van der Waals surface area contributed by atoms with Gasteiger partial charge in [0.15, 0.2) is 0 Å². The van der Waals surface area contributed by atoms with Gasteiger partial charge in [-0.25, -0.2) is 4.79 Å². The summed E-state index contributed by atoms with van der Waals surface area (Å²) in [6.07, 6.45) is 2.14. The van der Waals surface area contributed by atoms with Crippen LogP contribution in [0.5, 0.6) is 0 Å². The lowest BCUT2D eigenvalue weighted by atomic mass is 9.97. The molecular formula is C14H29N3O2. The summed E-state index contributed by atoms with van der Waals surface area (Å²) in [4.78, 5) is 13.9. The van der Waals surface area contributed by atoms with Crippen molar-refractivity contribution in [3.8, 4) is 0 Å². The third-order valence-electron chi connectivity index (χ3n) is 3.35. The van der Waals surface area contributed by atoms with Gasteiger partial charge in [0, 0.05) is 24.7 Å². The molecule has 1 unspecified atom stereocenters. The van der Waals surface area contributed by atoms with E-state index in [-0.39, 0.29) is 17.6 Å². The van der Waals surface area contributed by atoms with E-state index >= 15 is 0 Å². The normalized spacial score (nSPS) is 21.5. The zero-order valence-corrected chi connectivity index (χ0v) is 12.9. The van der Waals surface area contributed by atoms with E-state index in [1.165, 1.54) is 0 Å². The number of carbonyl (C=O) groups is 1. The standard InChI is InChI=1S/C14H29N3O2/c1-13(2,3)16-12(18)15-8-10-17-9-6-7-11(17)14(4,5)19/h11,19H,6-10H2,1-5H3,(H2,15,16,18). The summed E-state index contributed by atoms with van der Waals surface area (Å²) in [5.41, 5.74) is -0.891. The monoisotopic (exact) mass is 271 g/mol. The summed E-state index contributed by atoms with van der Waals surface area (Å²) < 4.78 is 0. The van der Waals surface area contributed by atoms with Crippen LogP contribution in [0.1, 0.15) is 47.5 Å². The number of amides is 2. The third-order valence-corrected chi connectivity index (χ3v) is 3.35. The molecule has 1 aliphatic heterocycles. The van der Waals surface area contributed by atoms with Crippen LogP contribution in [0.3, 0.4) is 0 Å². The number of urea groups is 1. The van der Waals surface area contributed by atoms with E-state index < -0.39 is 5.60 Å². The molecule has 0 aromatic carbocycles. The van der Waals surface area contributed by atoms with Crippen molar-refractivity contribution in [1.82, 2.24) is 15.5 Å². The first kappa shape index (κ1) is 16.2. The Kier molecular flexibility index (Phi) is 5.21. The zero-order valence-electron chi connectivity index (χ0n) is 12.9. The van der Waals surface area contributed by atoms with Crippen molar-refractivity contribution in [3.05, 3.63) is 0 Å². The van der Waals surface area contributed by atoms with Crippen molar-refractivity contribution < 1.29 is 9.90 Å². The summed E-state index contributed by atoms with van der Waals surface area (Å²) in [6, 6.07) is 0.0616. The van der Waals surface area contributed by atoms with Gasteiger partial charge in [0.25, 0.3) is 0 Å². The van der Waals surface area contributed by atoms with Crippen molar-refractivity contribution in [2.75, 3.05) is 19.6 Å². The average Bonchev–Trinajstić information content (AvgIpc) is 2.62. The highest BCUT2D eigenvalue weighted by Gasteiger charge is 2.35. The first-order valence-electron chi connectivity index (χ1n) is 7.12. The van der Waals surface area contributed by atoms with Crippen LogP contribution in [0, 0.1) is 0 Å². The second-order valence-corrected chi connectivity index (χ2v) is 6.98. The van der Waals surface area contributed by atoms with Gasteiger partial charge in [0.2, 0.25) is 0 Å². The third kappa shape index (κ3) is 5.78. The van der Waals surface area contributed by atoms with Gasteiger partial charge in [-0.05, 0) is 54.0 Å². The van der Waals surface area contributed by atoms with Crippen molar-refractivity contribution in [2.24, 2.45) is 0 Å². The molecule has 1 atom stereocenters. The molecule has 2 amide bonds. The minimum Gasteiger partial charge on any atom is -0.389 e. The topological polar surface area (TPSA) is 64.6 Å². The number of aliphatic hydroxyl groups is 1. The number of hydrogen-bond donors (Lipinski definition) is 3. The minimum atomic E-state index is -0.676. The van der Waals surface area contributed by atoms with Gasteiger partial charge in [0.1, 0.15) is 0 Å². The van der Waals surface area contributed by atoms with E-state index in [0.717, 1.165) is 25.9 Å². The van der Waals surface area contributed by atoms with Crippen LogP contribution in [0.15, 0.2) is 0 Å². The molecule has 19 heavy (non-hydrogen) atoms. The fourth-order valence-electron chi connectivity index (χ4n) is 2.59. The summed E-state index contributed by atoms with van der Waals surface area (Å²) in [5, 5.41) is 15.8. The maximum absolute atomic E-state index is 11.6. The van der Waals surface area contributed by atoms with E-state index in [9.17, 15) is 9.90 Å². The predicted molar refractivity (Wildman–Crippen MR) is 77.2 cm³/mol. The zero-order chi connectivity index (χ0) is 14.7. The Morgan fingerprint density at radius 1 is 1.32 bits per heavy atom. The summed E-state index contributed by atoms with van der Waals surface area (Å²) in [5.74, 6) is 0. The highest BCUT2D eigenvalue weighted by Crippen LogP contribution is 2.25. The number of carbonyl (C=O) groups excluding carboxylic acids is 1. The highest BCUT2D eigenvalue weighted by molar-refractivity contribution is 5.74. The van der Waals surface area contributed by atoms with Crippen LogP contribution in [0.4, 0.5) is 4.79 Å². The summed E-state index contributed by atoms with van der Waals surface area (Å²) in [7, 11) is 0. The van der Waals surface area contributed by atoms with Crippen LogP contribution in [-0.2, 0) is 0 Å². The molecule has 3 N–H and O–H groups in total. The van der Waals surface area contributed by atoms with Gasteiger partial charge >= 0.3 is 6.03 Å². The smallest absolute Gasteiger partial charge is 0.315 e. The molecule has 0 aromatic rings. The van der Waals surface area contributed by atoms with Crippen LogP contribution >= 0.6 is 0 Å². The maximum atomic E-state index is 11.6. The number of rotatable bonds is 4. The molecule has 0 spiro atoms. The van der Waals surface area contributed by atoms with Crippen molar-refractivity contribution in [2.45, 2.75) is 64.6 Å². The second-order valence-electron chi connectivity index (χ2n) is 6.98. The highest BCUT2D eigenvalue weighted by atomic mass is 16.3. The van der Waals surface area contributed by atoms with Crippen LogP contribution in [0.25, 0.3) is 0 Å². The number of likely N-dealkylation sites (tertiary alicyclic amines) is 1. The number of nitrogens with one attached hydrogen (secondary N) is 2. The fourth-order valence-corrected chi connectivity index (χ4v) is 2.59. The predicted octanol–water partition coefficient (Wildman–Crippen LogP) is 1.32. The van der Waals surface area contributed by atoms with Gasteiger partial charge in [-0.1, -0.05) is 0 Å². The molecule has 0 radical (unpaired) electrons. The van der Waals surface area contributed by atoms with E-state index in [4.69, 9.17) is 0 Å². The largest absolute Gasteiger partial charge is 0.389 e. The van der Waals surface area contributed by atoms with Crippen LogP contribution < -0.4 is 10.6 Å². The van der Waals surface area contributed by atoms with Gasteiger partial charge in [-0.2, -0.15) is 0 Å². The lowest BCUT2D eigenvalue weighted by molar-refractivity contribution is -0.00168. The van der Waals surface area contributed by atoms with Crippen LogP contribution in [-0.4, -0.2) is 52.9 Å². The van der Waals surface area contributed by atoms with Gasteiger partial charge < -0.3 is 15.7 Å². The van der Waals surface area contributed by atoms with Crippen molar-refractivity contribution in [3.63, 3.8) is 0 Å². The first-order chi connectivity index (χ1) is 8.59. The van der Waals surface area contributed by atoms with Gasteiger partial charge in [-0.3, -0.25) is 4.90 Å². The Labute approximate surface area is 116 Å². The molecule has 1 saturated heterocycles. The summed E-state index contributed by atoms with van der Waals surface area (Å²) in [6.45, 7) is 12.0. The molecule has 5 nitrogen and oxygen atoms in total. The molecule has 0 saturated carbocycles. The van der Waals surface area contributed by atoms with Crippen molar-refractivity contribution >= 4 is 6.03 Å². The molecule has 0 aromatic heterocycles. The average molecular weight is 271 g/mol. The molecular weight excluding hydrogens is 242 g/mol. The number of nitrogens with zero attached hydrogens (tertiary/aromatic N) is 1. The Balaban J connectivity index is 2.31. The molecule has 112 valence electrons. The minimum absolute atomic E-state index is 0.133. The van der Waals surface area contributed by atoms with Gasteiger partial charge in [-0.15, -0.1) is 0 Å². The van der Waals surface area contributed by atoms with Crippen LogP contribution in [0.2, 0.25) is 0 Å². The summed E-state index contributed by atoms with van der Waals surface area (Å²) >= 11 is 0. The Hall–Kier alpha value is -0.810. The lowest BCUT2D eigenvalue weighted by Crippen LogP contribution is -2.50. The Morgan fingerprint density at radius 3 is 2.47 bits per heavy atom. The maximum Gasteiger partial charge on any atom is 0.315 e. The van der Waals surface area contributed by atoms with Crippen molar-refractivity contribution in [1.29, 1.82) is 0 Å². The SMILES string of the molecule is CC(C)(C)NC(=O)NCCN1CCCC1C(C)(C)O. The van der Waals surface area contributed by atoms with E-state index in [1.807, 2.05) is 34.6 Å². The van der Waals surface area contributed by atoms with E-state index in [1.54, 1.807) is 0 Å². The fraction of sp³-hybridized carbons (Fsp3) is 0.929. The molecule has 1 rings (SSSR count). The second kappa shape index (κ2) is 6.09. The number of hydrogen-bond acceptors (Lipinski definition) is 3.